The third-order valence-corrected chi connectivity index (χ3v) is 4.05. The molecule has 0 bridgehead atoms. The monoisotopic (exact) mass is 383 g/mol. The van der Waals surface area contributed by atoms with Gasteiger partial charge in [-0.25, -0.2) is 13.9 Å². The maximum absolute atomic E-state index is 14.4. The van der Waals surface area contributed by atoms with E-state index < -0.39 is 39.0 Å². The predicted molar refractivity (Wildman–Crippen MR) is 77.6 cm³/mol. The SMILES string of the molecule is Nc1nc(Cl)nc2c1ncn2[C@@H]1O[C@H](COP(=O)(O)O)C(O)C1F. The van der Waals surface area contributed by atoms with Crippen molar-refractivity contribution in [3.63, 3.8) is 0 Å². The van der Waals surface area contributed by atoms with Crippen LogP contribution in [0.25, 0.3) is 11.2 Å². The van der Waals surface area contributed by atoms with Crippen molar-refractivity contribution in [2.24, 2.45) is 0 Å². The number of aliphatic hydroxyl groups is 1. The van der Waals surface area contributed by atoms with E-state index in [1.807, 2.05) is 0 Å². The van der Waals surface area contributed by atoms with Crippen LogP contribution in [0.3, 0.4) is 0 Å². The molecule has 132 valence electrons. The molecule has 0 spiro atoms. The third-order valence-electron chi connectivity index (χ3n) is 3.40. The topological polar surface area (TPSA) is 166 Å². The molecule has 11 nitrogen and oxygen atoms in total. The number of ether oxygens (including phenoxy) is 1. The summed E-state index contributed by atoms with van der Waals surface area (Å²) < 4.78 is 35.8. The van der Waals surface area contributed by atoms with Gasteiger partial charge in [0.1, 0.15) is 17.7 Å². The van der Waals surface area contributed by atoms with E-state index in [0.717, 1.165) is 4.57 Å². The number of nitrogen functional groups attached to an aromatic ring is 1. The number of halogens is 2. The maximum atomic E-state index is 14.4. The lowest BCUT2D eigenvalue weighted by molar-refractivity contribution is -0.0451. The van der Waals surface area contributed by atoms with Gasteiger partial charge in [0.25, 0.3) is 0 Å². The molecule has 4 atom stereocenters. The van der Waals surface area contributed by atoms with Crippen molar-refractivity contribution in [2.75, 3.05) is 12.3 Å². The molecule has 0 radical (unpaired) electrons. The van der Waals surface area contributed by atoms with Crippen LogP contribution in [-0.4, -0.2) is 59.4 Å². The molecule has 0 saturated carbocycles. The number of rotatable bonds is 4. The summed E-state index contributed by atoms with van der Waals surface area (Å²) in [4.78, 5) is 28.9. The highest BCUT2D eigenvalue weighted by Gasteiger charge is 2.46. The first-order chi connectivity index (χ1) is 11.2. The third kappa shape index (κ3) is 3.22. The van der Waals surface area contributed by atoms with Crippen molar-refractivity contribution in [1.29, 1.82) is 0 Å². The number of imidazole rings is 1. The summed E-state index contributed by atoms with van der Waals surface area (Å²) in [5.74, 6) is -0.0147. The molecule has 1 saturated heterocycles. The Kier molecular flexibility index (Phi) is 4.47. The fourth-order valence-electron chi connectivity index (χ4n) is 2.33. The molecule has 1 fully saturated rings. The van der Waals surface area contributed by atoms with E-state index in [9.17, 15) is 14.1 Å². The number of anilines is 1. The minimum atomic E-state index is -4.78. The van der Waals surface area contributed by atoms with Crippen LogP contribution in [-0.2, 0) is 13.8 Å². The summed E-state index contributed by atoms with van der Waals surface area (Å²) in [7, 11) is -4.78. The number of nitrogens with zero attached hydrogens (tertiary/aromatic N) is 4. The number of fused-ring (bicyclic) bond motifs is 1. The summed E-state index contributed by atoms with van der Waals surface area (Å²) in [5, 5.41) is 9.67. The van der Waals surface area contributed by atoms with Crippen LogP contribution in [0.1, 0.15) is 6.23 Å². The first-order valence-electron chi connectivity index (χ1n) is 6.50. The molecule has 2 aromatic rings. The molecule has 24 heavy (non-hydrogen) atoms. The molecule has 1 aliphatic rings. The van der Waals surface area contributed by atoms with Gasteiger partial charge in [-0.1, -0.05) is 0 Å². The maximum Gasteiger partial charge on any atom is 0.469 e. The van der Waals surface area contributed by atoms with E-state index in [-0.39, 0.29) is 22.3 Å². The Hall–Kier alpha value is -1.40. The Morgan fingerprint density at radius 2 is 2.21 bits per heavy atom. The molecule has 0 aliphatic carbocycles. The van der Waals surface area contributed by atoms with Gasteiger partial charge in [0, 0.05) is 0 Å². The zero-order valence-corrected chi connectivity index (χ0v) is 13.4. The van der Waals surface area contributed by atoms with Gasteiger partial charge in [-0.3, -0.25) is 9.09 Å². The Morgan fingerprint density at radius 3 is 2.88 bits per heavy atom. The average molecular weight is 384 g/mol. The summed E-state index contributed by atoms with van der Waals surface area (Å²) in [6, 6.07) is 0. The Morgan fingerprint density at radius 1 is 1.50 bits per heavy atom. The van der Waals surface area contributed by atoms with Crippen LogP contribution in [0.4, 0.5) is 10.2 Å². The largest absolute Gasteiger partial charge is 0.469 e. The Balaban J connectivity index is 1.89. The second-order valence-electron chi connectivity index (χ2n) is 4.99. The lowest BCUT2D eigenvalue weighted by Crippen LogP contribution is -2.31. The molecule has 0 aromatic carbocycles. The number of hydrogen-bond donors (Lipinski definition) is 4. The highest BCUT2D eigenvalue weighted by Crippen LogP contribution is 2.39. The van der Waals surface area contributed by atoms with Crippen LogP contribution in [0, 0.1) is 0 Å². The number of aromatic nitrogens is 4. The van der Waals surface area contributed by atoms with E-state index in [0.29, 0.717) is 0 Å². The summed E-state index contributed by atoms with van der Waals surface area (Å²) in [6.45, 7) is -0.702. The lowest BCUT2D eigenvalue weighted by Gasteiger charge is -2.15. The molecule has 14 heteroatoms. The van der Waals surface area contributed by atoms with Crippen LogP contribution in [0.15, 0.2) is 6.33 Å². The molecule has 2 unspecified atom stereocenters. The van der Waals surface area contributed by atoms with Crippen LogP contribution < -0.4 is 5.73 Å². The number of hydrogen-bond acceptors (Lipinski definition) is 8. The van der Waals surface area contributed by atoms with E-state index in [1.165, 1.54) is 6.33 Å². The van der Waals surface area contributed by atoms with E-state index in [2.05, 4.69) is 19.5 Å². The van der Waals surface area contributed by atoms with Crippen molar-refractivity contribution in [2.45, 2.75) is 24.6 Å². The standard InChI is InChI=1S/C10H12ClFN5O6P/c11-10-15-7(13)5-8(16-10)17(2-14-5)9-4(12)6(18)3(23-9)1-22-24(19,20)21/h2-4,6,9,18H,1H2,(H2,13,15,16)(H2,19,20,21)/t3-,4?,6?,9-/m1/s1. The van der Waals surface area contributed by atoms with Crippen molar-refractivity contribution < 1.29 is 33.1 Å². The smallest absolute Gasteiger partial charge is 0.387 e. The zero-order chi connectivity index (χ0) is 17.6. The molecule has 1 aliphatic heterocycles. The van der Waals surface area contributed by atoms with E-state index in [4.69, 9.17) is 31.9 Å². The summed E-state index contributed by atoms with van der Waals surface area (Å²) in [5.41, 5.74) is 5.91. The number of phosphoric acid groups is 1. The quantitative estimate of drug-likeness (QED) is 0.409. The Labute approximate surface area is 138 Å². The first kappa shape index (κ1) is 17.4. The summed E-state index contributed by atoms with van der Waals surface area (Å²) >= 11 is 5.72. The normalized spacial score (nSPS) is 27.9. The van der Waals surface area contributed by atoms with Crippen LogP contribution >= 0.6 is 19.4 Å². The second-order valence-corrected chi connectivity index (χ2v) is 6.57. The fourth-order valence-corrected chi connectivity index (χ4v) is 2.84. The van der Waals surface area contributed by atoms with Crippen molar-refractivity contribution in [1.82, 2.24) is 19.5 Å². The van der Waals surface area contributed by atoms with E-state index >= 15 is 0 Å². The van der Waals surface area contributed by atoms with Gasteiger partial charge in [-0.05, 0) is 11.6 Å². The van der Waals surface area contributed by atoms with Gasteiger partial charge < -0.3 is 25.4 Å². The minimum Gasteiger partial charge on any atom is -0.387 e. The minimum absolute atomic E-state index is 0.0147. The zero-order valence-electron chi connectivity index (χ0n) is 11.7. The number of aliphatic hydroxyl groups excluding tert-OH is 1. The van der Waals surface area contributed by atoms with Crippen LogP contribution in [0.2, 0.25) is 5.28 Å². The average Bonchev–Trinajstić information content (AvgIpc) is 3.00. The lowest BCUT2D eigenvalue weighted by atomic mass is 10.1. The molecule has 0 amide bonds. The predicted octanol–water partition coefficient (Wildman–Crippen LogP) is -0.232. The molecule has 5 N–H and O–H groups in total. The van der Waals surface area contributed by atoms with E-state index in [1.54, 1.807) is 0 Å². The van der Waals surface area contributed by atoms with Crippen molar-refractivity contribution in [3.8, 4) is 0 Å². The number of phosphoric ester groups is 1. The van der Waals surface area contributed by atoms with Gasteiger partial charge in [0.05, 0.1) is 12.9 Å². The first-order valence-corrected chi connectivity index (χ1v) is 8.41. The second kappa shape index (κ2) is 6.15. The fraction of sp³-hybridized carbons (Fsp3) is 0.500. The van der Waals surface area contributed by atoms with Crippen LogP contribution in [0.5, 0.6) is 0 Å². The van der Waals surface area contributed by atoms with Gasteiger partial charge in [-0.2, -0.15) is 9.97 Å². The highest BCUT2D eigenvalue weighted by molar-refractivity contribution is 7.46. The molecule has 3 heterocycles. The van der Waals surface area contributed by atoms with Gasteiger partial charge >= 0.3 is 7.82 Å². The number of nitrogens with two attached hydrogens (primary N) is 1. The van der Waals surface area contributed by atoms with Crippen molar-refractivity contribution >= 4 is 36.4 Å². The highest BCUT2D eigenvalue weighted by atomic mass is 35.5. The molecule has 3 rings (SSSR count). The number of alkyl halides is 1. The molecular weight excluding hydrogens is 372 g/mol. The molecule has 2 aromatic heterocycles. The Bertz CT molecular complexity index is 816. The van der Waals surface area contributed by atoms with Gasteiger partial charge in [-0.15, -0.1) is 0 Å². The van der Waals surface area contributed by atoms with Gasteiger partial charge in [0.15, 0.2) is 23.9 Å². The van der Waals surface area contributed by atoms with Crippen molar-refractivity contribution in [3.05, 3.63) is 11.6 Å². The molecular formula is C10H12ClFN5O6P. The van der Waals surface area contributed by atoms with Gasteiger partial charge in [0.2, 0.25) is 5.28 Å². The summed E-state index contributed by atoms with van der Waals surface area (Å²) in [6.07, 6.45) is -5.08.